The van der Waals surface area contributed by atoms with E-state index in [2.05, 4.69) is 59.1 Å². The number of aryl methyl sites for hydroxylation is 1. The van der Waals surface area contributed by atoms with Crippen molar-refractivity contribution in [1.82, 2.24) is 14.8 Å². The van der Waals surface area contributed by atoms with Gasteiger partial charge in [-0.25, -0.2) is 0 Å². The lowest BCUT2D eigenvalue weighted by atomic mass is 10.1. The van der Waals surface area contributed by atoms with Crippen LogP contribution in [0.15, 0.2) is 30.5 Å². The van der Waals surface area contributed by atoms with Gasteiger partial charge in [0.25, 0.3) is 0 Å². The molecule has 2 saturated heterocycles. The molecule has 2 aliphatic heterocycles. The highest BCUT2D eigenvalue weighted by atomic mass is 16.2. The summed E-state index contributed by atoms with van der Waals surface area (Å²) in [5.41, 5.74) is 3.36. The monoisotopic (exact) mass is 377 g/mol. The molecule has 2 aromatic rings. The Morgan fingerprint density at radius 2 is 2.18 bits per heavy atom. The normalized spacial score (nSPS) is 22.5. The lowest BCUT2D eigenvalue weighted by Crippen LogP contribution is -2.42. The number of amides is 1. The minimum Gasteiger partial charge on any atom is -0.369 e. The lowest BCUT2D eigenvalue weighted by molar-refractivity contribution is -0.132. The zero-order chi connectivity index (χ0) is 19.7. The van der Waals surface area contributed by atoms with Gasteiger partial charge in [-0.1, -0.05) is 11.6 Å². The van der Waals surface area contributed by atoms with E-state index < -0.39 is 0 Å². The van der Waals surface area contributed by atoms with Crippen molar-refractivity contribution in [2.75, 3.05) is 38.1 Å². The van der Waals surface area contributed by atoms with Crippen LogP contribution >= 0.6 is 0 Å². The van der Waals surface area contributed by atoms with Crippen molar-refractivity contribution in [3.63, 3.8) is 0 Å². The van der Waals surface area contributed by atoms with Crippen molar-refractivity contribution in [3.8, 4) is 6.07 Å². The predicted octanol–water partition coefficient (Wildman–Crippen LogP) is 2.57. The van der Waals surface area contributed by atoms with Gasteiger partial charge in [-0.3, -0.25) is 14.7 Å². The van der Waals surface area contributed by atoms with E-state index in [9.17, 15) is 10.1 Å². The first-order chi connectivity index (χ1) is 13.5. The summed E-state index contributed by atoms with van der Waals surface area (Å²) >= 11 is 0. The zero-order valence-corrected chi connectivity index (χ0v) is 16.6. The Morgan fingerprint density at radius 1 is 1.32 bits per heavy atom. The van der Waals surface area contributed by atoms with Crippen LogP contribution in [0.4, 0.5) is 5.69 Å². The number of rotatable bonds is 4. The summed E-state index contributed by atoms with van der Waals surface area (Å²) in [6.45, 7) is 5.00. The summed E-state index contributed by atoms with van der Waals surface area (Å²) in [5, 5.41) is 10.4. The first-order valence-corrected chi connectivity index (χ1v) is 10.1. The van der Waals surface area contributed by atoms with Crippen LogP contribution in [0, 0.1) is 18.3 Å². The Morgan fingerprint density at radius 3 is 3.00 bits per heavy atom. The van der Waals surface area contributed by atoms with Gasteiger partial charge >= 0.3 is 0 Å². The number of hydrogen-bond donors (Lipinski definition) is 0. The van der Waals surface area contributed by atoms with Crippen LogP contribution in [-0.4, -0.2) is 66.0 Å². The quantitative estimate of drug-likeness (QED) is 0.819. The van der Waals surface area contributed by atoms with Crippen molar-refractivity contribution >= 4 is 22.5 Å². The molecule has 3 heterocycles. The summed E-state index contributed by atoms with van der Waals surface area (Å²) in [4.78, 5) is 23.5. The minimum atomic E-state index is -0.235. The summed E-state index contributed by atoms with van der Waals surface area (Å²) in [6, 6.07) is 10.9. The van der Waals surface area contributed by atoms with E-state index >= 15 is 0 Å². The Labute approximate surface area is 166 Å². The van der Waals surface area contributed by atoms with Crippen molar-refractivity contribution in [2.45, 2.75) is 38.3 Å². The summed E-state index contributed by atoms with van der Waals surface area (Å²) < 4.78 is 0. The molecule has 2 fully saturated rings. The number of fused-ring (bicyclic) bond motifs is 1. The van der Waals surface area contributed by atoms with Crippen molar-refractivity contribution in [1.29, 1.82) is 5.26 Å². The predicted molar refractivity (Wildman–Crippen MR) is 110 cm³/mol. The van der Waals surface area contributed by atoms with E-state index in [1.165, 1.54) is 5.56 Å². The molecule has 0 bridgehead atoms. The van der Waals surface area contributed by atoms with E-state index in [4.69, 9.17) is 0 Å². The standard InChI is InChI=1S/C22H27N5O/c1-16-5-6-21-17(10-16)11-20(13-24-21)25(2)19-7-9-26(14-19)15-22(28)27-8-3-4-18(27)12-23/h5-6,10-11,13,18-19H,3-4,7-9,14-15H2,1-2H3/t18?,19-/m0/s1. The Bertz CT molecular complexity index is 921. The van der Waals surface area contributed by atoms with Gasteiger partial charge in [-0.05, 0) is 44.4 Å². The van der Waals surface area contributed by atoms with E-state index in [1.54, 1.807) is 4.90 Å². The highest BCUT2D eigenvalue weighted by Crippen LogP contribution is 2.25. The third kappa shape index (κ3) is 3.67. The zero-order valence-electron chi connectivity index (χ0n) is 16.6. The van der Waals surface area contributed by atoms with Crippen molar-refractivity contribution in [2.24, 2.45) is 0 Å². The Hall–Kier alpha value is -2.65. The average molecular weight is 377 g/mol. The second-order valence-corrected chi connectivity index (χ2v) is 8.05. The maximum absolute atomic E-state index is 12.6. The molecule has 1 aromatic heterocycles. The van der Waals surface area contributed by atoms with Crippen molar-refractivity contribution < 1.29 is 4.79 Å². The summed E-state index contributed by atoms with van der Waals surface area (Å²) in [5.74, 6) is 0.0928. The average Bonchev–Trinajstić information content (AvgIpc) is 3.36. The Kier molecular flexibility index (Phi) is 5.19. The van der Waals surface area contributed by atoms with E-state index in [0.717, 1.165) is 55.5 Å². The fraction of sp³-hybridized carbons (Fsp3) is 0.500. The molecule has 28 heavy (non-hydrogen) atoms. The number of anilines is 1. The molecule has 146 valence electrons. The van der Waals surface area contributed by atoms with Gasteiger partial charge in [-0.15, -0.1) is 0 Å². The molecule has 0 radical (unpaired) electrons. The molecule has 0 spiro atoms. The van der Waals surface area contributed by atoms with Crippen LogP contribution < -0.4 is 4.90 Å². The number of likely N-dealkylation sites (tertiary alicyclic amines) is 2. The molecule has 0 N–H and O–H groups in total. The fourth-order valence-corrected chi connectivity index (χ4v) is 4.40. The van der Waals surface area contributed by atoms with Crippen LogP contribution in [0.1, 0.15) is 24.8 Å². The third-order valence-corrected chi connectivity index (χ3v) is 6.11. The molecular formula is C22H27N5O. The largest absolute Gasteiger partial charge is 0.369 e. The molecule has 6 heteroatoms. The molecule has 2 aliphatic rings. The van der Waals surface area contributed by atoms with Gasteiger partial charge in [0.05, 0.1) is 30.0 Å². The van der Waals surface area contributed by atoms with Gasteiger partial charge in [0.15, 0.2) is 0 Å². The number of likely N-dealkylation sites (N-methyl/N-ethyl adjacent to an activating group) is 1. The number of nitriles is 1. The van der Waals surface area contributed by atoms with E-state index in [-0.39, 0.29) is 11.9 Å². The number of carbonyl (C=O) groups excluding carboxylic acids is 1. The number of benzene rings is 1. The summed E-state index contributed by atoms with van der Waals surface area (Å²) in [7, 11) is 2.11. The summed E-state index contributed by atoms with van der Waals surface area (Å²) in [6.07, 6.45) is 4.70. The van der Waals surface area contributed by atoms with E-state index in [1.807, 2.05) is 6.20 Å². The van der Waals surface area contributed by atoms with Crippen molar-refractivity contribution in [3.05, 3.63) is 36.0 Å². The molecular weight excluding hydrogens is 350 g/mol. The molecule has 0 aliphatic carbocycles. The van der Waals surface area contributed by atoms with Gasteiger partial charge in [0.2, 0.25) is 5.91 Å². The second kappa shape index (κ2) is 7.76. The first kappa shape index (κ1) is 18.7. The van der Waals surface area contributed by atoms with Crippen LogP contribution in [-0.2, 0) is 4.79 Å². The fourth-order valence-electron chi connectivity index (χ4n) is 4.40. The number of nitrogens with zero attached hydrogens (tertiary/aromatic N) is 5. The van der Waals surface area contributed by atoms with E-state index in [0.29, 0.717) is 12.6 Å². The van der Waals surface area contributed by atoms with Gasteiger partial charge in [-0.2, -0.15) is 5.26 Å². The SMILES string of the molecule is Cc1ccc2ncc(N(C)[C@H]3CCN(CC(=O)N4CCCC4C#N)C3)cc2c1. The third-order valence-electron chi connectivity index (χ3n) is 6.11. The van der Waals surface area contributed by atoms with Crippen LogP contribution in [0.5, 0.6) is 0 Å². The molecule has 1 unspecified atom stereocenters. The molecule has 1 aromatic carbocycles. The highest BCUT2D eigenvalue weighted by Gasteiger charge is 2.32. The van der Waals surface area contributed by atoms with Gasteiger partial charge in [0.1, 0.15) is 6.04 Å². The Balaban J connectivity index is 1.40. The van der Waals surface area contributed by atoms with Crippen LogP contribution in [0.3, 0.4) is 0 Å². The molecule has 0 saturated carbocycles. The minimum absolute atomic E-state index is 0.0928. The highest BCUT2D eigenvalue weighted by molar-refractivity contribution is 5.82. The first-order valence-electron chi connectivity index (χ1n) is 10.1. The van der Waals surface area contributed by atoms with Crippen LogP contribution in [0.2, 0.25) is 0 Å². The maximum Gasteiger partial charge on any atom is 0.237 e. The molecule has 6 nitrogen and oxygen atoms in total. The molecule has 1 amide bonds. The maximum atomic E-state index is 12.6. The second-order valence-electron chi connectivity index (χ2n) is 8.05. The van der Waals surface area contributed by atoms with Gasteiger partial charge in [0, 0.05) is 38.1 Å². The van der Waals surface area contributed by atoms with Crippen LogP contribution in [0.25, 0.3) is 10.9 Å². The number of aromatic nitrogens is 1. The molecule has 4 rings (SSSR count). The topological polar surface area (TPSA) is 63.5 Å². The van der Waals surface area contributed by atoms with Gasteiger partial charge < -0.3 is 9.80 Å². The smallest absolute Gasteiger partial charge is 0.237 e. The lowest BCUT2D eigenvalue weighted by Gasteiger charge is -2.27. The number of pyridine rings is 1. The molecule has 2 atom stereocenters. The number of carbonyl (C=O) groups is 1. The number of hydrogen-bond acceptors (Lipinski definition) is 5.